The van der Waals surface area contributed by atoms with Crippen molar-refractivity contribution >= 4 is 21.7 Å². The molecule has 0 radical (unpaired) electrons. The van der Waals surface area contributed by atoms with Crippen LogP contribution in [0, 0.1) is 6.92 Å². The van der Waals surface area contributed by atoms with Crippen LogP contribution in [0.15, 0.2) is 23.1 Å². The molecule has 6 nitrogen and oxygen atoms in total. The zero-order valence-electron chi connectivity index (χ0n) is 12.1. The fourth-order valence-electron chi connectivity index (χ4n) is 2.58. The lowest BCUT2D eigenvalue weighted by Crippen LogP contribution is -2.39. The van der Waals surface area contributed by atoms with E-state index in [0.29, 0.717) is 11.3 Å². The van der Waals surface area contributed by atoms with E-state index in [4.69, 9.17) is 5.14 Å². The molecule has 1 saturated carbocycles. The summed E-state index contributed by atoms with van der Waals surface area (Å²) in [6, 6.07) is 4.54. The van der Waals surface area contributed by atoms with E-state index in [1.807, 2.05) is 0 Å². The first-order valence-electron chi connectivity index (χ1n) is 7.07. The second-order valence-corrected chi connectivity index (χ2v) is 6.99. The summed E-state index contributed by atoms with van der Waals surface area (Å²) in [6.07, 6.45) is 5.46. The van der Waals surface area contributed by atoms with Crippen molar-refractivity contribution < 1.29 is 13.2 Å². The molecule has 1 aromatic rings. The molecule has 0 heterocycles. The number of nitrogens with two attached hydrogens (primary N) is 1. The Morgan fingerprint density at radius 1 is 1.24 bits per heavy atom. The monoisotopic (exact) mass is 311 g/mol. The van der Waals surface area contributed by atoms with Crippen LogP contribution in [0.1, 0.15) is 37.7 Å². The minimum absolute atomic E-state index is 0.0259. The highest BCUT2D eigenvalue weighted by Crippen LogP contribution is 2.20. The van der Waals surface area contributed by atoms with E-state index in [-0.39, 0.29) is 17.0 Å². The summed E-state index contributed by atoms with van der Waals surface area (Å²) in [7, 11) is -3.79. The van der Waals surface area contributed by atoms with Crippen LogP contribution in [0.4, 0.5) is 10.5 Å². The van der Waals surface area contributed by atoms with Crippen LogP contribution in [0.2, 0.25) is 0 Å². The summed E-state index contributed by atoms with van der Waals surface area (Å²) in [5.41, 5.74) is 0.966. The lowest BCUT2D eigenvalue weighted by molar-refractivity contribution is 0.244. The number of hydrogen-bond acceptors (Lipinski definition) is 3. The van der Waals surface area contributed by atoms with Gasteiger partial charge in [0.15, 0.2) is 0 Å². The molecular formula is C14H21N3O3S. The molecule has 1 aliphatic carbocycles. The average Bonchev–Trinajstić information content (AvgIpc) is 2.41. The highest BCUT2D eigenvalue weighted by Gasteiger charge is 2.17. The van der Waals surface area contributed by atoms with Gasteiger partial charge in [-0.1, -0.05) is 25.3 Å². The van der Waals surface area contributed by atoms with Gasteiger partial charge < -0.3 is 10.6 Å². The quantitative estimate of drug-likeness (QED) is 0.796. The predicted molar refractivity (Wildman–Crippen MR) is 81.6 cm³/mol. The van der Waals surface area contributed by atoms with Gasteiger partial charge in [0.05, 0.1) is 4.90 Å². The number of aryl methyl sites for hydroxylation is 1. The largest absolute Gasteiger partial charge is 0.335 e. The first kappa shape index (κ1) is 15.8. The minimum atomic E-state index is -3.79. The van der Waals surface area contributed by atoms with E-state index >= 15 is 0 Å². The summed E-state index contributed by atoms with van der Waals surface area (Å²) < 4.78 is 22.9. The number of nitrogens with one attached hydrogen (secondary N) is 2. The molecule has 1 aromatic carbocycles. The molecule has 1 fully saturated rings. The zero-order chi connectivity index (χ0) is 15.5. The summed E-state index contributed by atoms with van der Waals surface area (Å²) >= 11 is 0. The number of hydrogen-bond donors (Lipinski definition) is 3. The molecule has 0 atom stereocenters. The van der Waals surface area contributed by atoms with Crippen molar-refractivity contribution in [3.63, 3.8) is 0 Å². The Kier molecular flexibility index (Phi) is 4.84. The van der Waals surface area contributed by atoms with Gasteiger partial charge in [0.2, 0.25) is 10.0 Å². The Morgan fingerprint density at radius 2 is 1.90 bits per heavy atom. The fourth-order valence-corrected chi connectivity index (χ4v) is 3.39. The lowest BCUT2D eigenvalue weighted by atomic mass is 9.96. The summed E-state index contributed by atoms with van der Waals surface area (Å²) in [6.45, 7) is 1.66. The maximum absolute atomic E-state index is 11.9. The van der Waals surface area contributed by atoms with Crippen LogP contribution in [0.3, 0.4) is 0 Å². The molecule has 0 unspecified atom stereocenters. The molecule has 0 bridgehead atoms. The van der Waals surface area contributed by atoms with Crippen molar-refractivity contribution in [1.82, 2.24) is 5.32 Å². The van der Waals surface area contributed by atoms with Gasteiger partial charge in [-0.2, -0.15) is 0 Å². The Hall–Kier alpha value is -1.60. The van der Waals surface area contributed by atoms with Gasteiger partial charge in [-0.3, -0.25) is 0 Å². The number of carbonyl (C=O) groups excluding carboxylic acids is 1. The Morgan fingerprint density at radius 3 is 2.52 bits per heavy atom. The van der Waals surface area contributed by atoms with Crippen LogP contribution in [0.5, 0.6) is 0 Å². The van der Waals surface area contributed by atoms with Gasteiger partial charge in [-0.05, 0) is 37.5 Å². The third kappa shape index (κ3) is 4.44. The van der Waals surface area contributed by atoms with E-state index in [1.54, 1.807) is 19.1 Å². The lowest BCUT2D eigenvalue weighted by Gasteiger charge is -2.23. The van der Waals surface area contributed by atoms with Gasteiger partial charge in [-0.25, -0.2) is 18.4 Å². The van der Waals surface area contributed by atoms with Crippen molar-refractivity contribution in [2.75, 3.05) is 5.32 Å². The van der Waals surface area contributed by atoms with Gasteiger partial charge in [-0.15, -0.1) is 0 Å². The van der Waals surface area contributed by atoms with Gasteiger partial charge in [0.1, 0.15) is 0 Å². The van der Waals surface area contributed by atoms with E-state index in [2.05, 4.69) is 10.6 Å². The molecule has 7 heteroatoms. The molecule has 0 spiro atoms. The maximum Gasteiger partial charge on any atom is 0.319 e. The Bertz CT molecular complexity index is 622. The SMILES string of the molecule is Cc1ccc(NC(=O)NC2CCCCC2)cc1S(N)(=O)=O. The van der Waals surface area contributed by atoms with Gasteiger partial charge in [0.25, 0.3) is 0 Å². The molecule has 2 amide bonds. The molecule has 4 N–H and O–H groups in total. The van der Waals surface area contributed by atoms with Gasteiger partial charge >= 0.3 is 6.03 Å². The van der Waals surface area contributed by atoms with Crippen LogP contribution in [-0.4, -0.2) is 20.5 Å². The van der Waals surface area contributed by atoms with Gasteiger partial charge in [0, 0.05) is 11.7 Å². The van der Waals surface area contributed by atoms with E-state index in [1.165, 1.54) is 12.5 Å². The first-order valence-corrected chi connectivity index (χ1v) is 8.62. The molecule has 1 aliphatic rings. The van der Waals surface area contributed by atoms with Crippen LogP contribution in [0.25, 0.3) is 0 Å². The second-order valence-electron chi connectivity index (χ2n) is 5.46. The van der Waals surface area contributed by atoms with Crippen molar-refractivity contribution in [3.05, 3.63) is 23.8 Å². The number of primary sulfonamides is 1. The molecule has 21 heavy (non-hydrogen) atoms. The standard InChI is InChI=1S/C14H21N3O3S/c1-10-7-8-12(9-13(10)21(15,19)20)17-14(18)16-11-5-3-2-4-6-11/h7-9,11H,2-6H2,1H3,(H2,15,19,20)(H2,16,17,18). The Labute approximate surface area is 125 Å². The highest BCUT2D eigenvalue weighted by molar-refractivity contribution is 7.89. The molecule has 0 aromatic heterocycles. The van der Waals surface area contributed by atoms with Crippen LogP contribution in [-0.2, 0) is 10.0 Å². The van der Waals surface area contributed by atoms with E-state index < -0.39 is 10.0 Å². The molecule has 2 rings (SSSR count). The third-order valence-corrected chi connectivity index (χ3v) is 4.75. The number of carbonyl (C=O) groups is 1. The molecule has 116 valence electrons. The first-order chi connectivity index (χ1) is 9.86. The molecule has 0 aliphatic heterocycles. The normalized spacial score (nSPS) is 16.5. The van der Waals surface area contributed by atoms with Crippen molar-refractivity contribution in [1.29, 1.82) is 0 Å². The number of amides is 2. The van der Waals surface area contributed by atoms with E-state index in [9.17, 15) is 13.2 Å². The van der Waals surface area contributed by atoms with E-state index in [0.717, 1.165) is 25.7 Å². The average molecular weight is 311 g/mol. The topological polar surface area (TPSA) is 101 Å². The smallest absolute Gasteiger partial charge is 0.319 e. The van der Waals surface area contributed by atoms with Crippen LogP contribution >= 0.6 is 0 Å². The summed E-state index contributed by atoms with van der Waals surface area (Å²) in [5.74, 6) is 0. The third-order valence-electron chi connectivity index (χ3n) is 3.69. The maximum atomic E-state index is 11.9. The zero-order valence-corrected chi connectivity index (χ0v) is 12.9. The summed E-state index contributed by atoms with van der Waals surface area (Å²) in [5, 5.41) is 10.7. The predicted octanol–water partition coefficient (Wildman–Crippen LogP) is 2.10. The number of anilines is 1. The number of sulfonamides is 1. The molecule has 0 saturated heterocycles. The fraction of sp³-hybridized carbons (Fsp3) is 0.500. The molecular weight excluding hydrogens is 290 g/mol. The highest BCUT2D eigenvalue weighted by atomic mass is 32.2. The van der Waals surface area contributed by atoms with Crippen molar-refractivity contribution in [2.24, 2.45) is 5.14 Å². The number of benzene rings is 1. The van der Waals surface area contributed by atoms with Crippen LogP contribution < -0.4 is 15.8 Å². The Balaban J connectivity index is 2.04. The second kappa shape index (κ2) is 6.44. The van der Waals surface area contributed by atoms with Crippen molar-refractivity contribution in [3.8, 4) is 0 Å². The number of rotatable bonds is 3. The summed E-state index contributed by atoms with van der Waals surface area (Å²) in [4.78, 5) is 11.9. The number of urea groups is 1. The minimum Gasteiger partial charge on any atom is -0.335 e. The van der Waals surface area contributed by atoms with Crippen molar-refractivity contribution in [2.45, 2.75) is 50.0 Å².